The summed E-state index contributed by atoms with van der Waals surface area (Å²) in [5.41, 5.74) is 6.07. The van der Waals surface area contributed by atoms with Crippen molar-refractivity contribution in [3.8, 4) is 0 Å². The summed E-state index contributed by atoms with van der Waals surface area (Å²) in [4.78, 5) is 11.4. The molecule has 1 aromatic rings. The molecule has 0 unspecified atom stereocenters. The number of nitrogens with one attached hydrogen (secondary N) is 1. The number of unbranched alkanes of at least 4 members (excludes halogenated alkanes) is 1. The monoisotopic (exact) mass is 226 g/mol. The van der Waals surface area contributed by atoms with Gasteiger partial charge in [0.1, 0.15) is 0 Å². The average Bonchev–Trinajstić information content (AvgIpc) is 2.18. The van der Waals surface area contributed by atoms with Crippen LogP contribution in [0.15, 0.2) is 24.3 Å². The lowest BCUT2D eigenvalue weighted by Crippen LogP contribution is -2.11. The van der Waals surface area contributed by atoms with E-state index in [2.05, 4.69) is 5.32 Å². The van der Waals surface area contributed by atoms with Gasteiger partial charge < -0.3 is 11.1 Å². The van der Waals surface area contributed by atoms with Crippen molar-refractivity contribution in [2.24, 2.45) is 5.73 Å². The second-order valence-corrected chi connectivity index (χ2v) is 3.74. The Morgan fingerprint density at radius 2 is 2.20 bits per heavy atom. The Balaban J connectivity index is 2.37. The largest absolute Gasteiger partial charge is 0.330 e. The Labute approximate surface area is 94.6 Å². The van der Waals surface area contributed by atoms with E-state index in [1.54, 1.807) is 18.2 Å². The third-order valence-corrected chi connectivity index (χ3v) is 2.20. The number of carbonyl (C=O) groups is 1. The number of carbonyl (C=O) groups excluding carboxylic acids is 1. The Kier molecular flexibility index (Phi) is 5.15. The van der Waals surface area contributed by atoms with E-state index in [1.165, 1.54) is 0 Å². The van der Waals surface area contributed by atoms with Gasteiger partial charge in [-0.25, -0.2) is 0 Å². The third-order valence-electron chi connectivity index (χ3n) is 1.97. The highest BCUT2D eigenvalue weighted by molar-refractivity contribution is 6.30. The van der Waals surface area contributed by atoms with Gasteiger partial charge in [-0.1, -0.05) is 17.7 Å². The number of rotatable bonds is 5. The second kappa shape index (κ2) is 6.43. The molecule has 0 saturated carbocycles. The molecule has 3 nitrogen and oxygen atoms in total. The van der Waals surface area contributed by atoms with Crippen LogP contribution in [0.2, 0.25) is 5.02 Å². The molecular weight excluding hydrogens is 212 g/mol. The molecule has 0 fully saturated rings. The Bertz CT molecular complexity index is 328. The zero-order valence-electron chi connectivity index (χ0n) is 8.50. The molecule has 0 atom stereocenters. The van der Waals surface area contributed by atoms with Crippen LogP contribution in [0.3, 0.4) is 0 Å². The number of halogens is 1. The molecule has 3 N–H and O–H groups in total. The van der Waals surface area contributed by atoms with Gasteiger partial charge in [-0.05, 0) is 37.6 Å². The van der Waals surface area contributed by atoms with Crippen LogP contribution in [0.1, 0.15) is 19.3 Å². The molecule has 1 amide bonds. The molecule has 1 rings (SSSR count). The van der Waals surface area contributed by atoms with Crippen molar-refractivity contribution in [2.45, 2.75) is 19.3 Å². The molecule has 0 aliphatic rings. The van der Waals surface area contributed by atoms with Gasteiger partial charge in [-0.15, -0.1) is 0 Å². The molecule has 0 aliphatic heterocycles. The van der Waals surface area contributed by atoms with Crippen LogP contribution in [-0.4, -0.2) is 12.5 Å². The molecule has 82 valence electrons. The quantitative estimate of drug-likeness (QED) is 0.758. The predicted molar refractivity (Wildman–Crippen MR) is 63.0 cm³/mol. The fourth-order valence-corrected chi connectivity index (χ4v) is 1.41. The molecule has 0 heterocycles. The molecule has 0 bridgehead atoms. The van der Waals surface area contributed by atoms with E-state index in [1.807, 2.05) is 6.07 Å². The number of nitrogens with two attached hydrogens (primary N) is 1. The van der Waals surface area contributed by atoms with Crippen LogP contribution in [-0.2, 0) is 4.79 Å². The fourth-order valence-electron chi connectivity index (χ4n) is 1.22. The SMILES string of the molecule is NCCCCC(=O)Nc1cccc(Cl)c1. The Hall–Kier alpha value is -1.06. The first-order chi connectivity index (χ1) is 7.22. The van der Waals surface area contributed by atoms with E-state index < -0.39 is 0 Å². The zero-order chi connectivity index (χ0) is 11.1. The van der Waals surface area contributed by atoms with Crippen LogP contribution in [0, 0.1) is 0 Å². The highest BCUT2D eigenvalue weighted by Crippen LogP contribution is 2.15. The first-order valence-electron chi connectivity index (χ1n) is 4.98. The van der Waals surface area contributed by atoms with Gasteiger partial charge in [0.25, 0.3) is 0 Å². The van der Waals surface area contributed by atoms with Gasteiger partial charge in [0, 0.05) is 17.1 Å². The predicted octanol–water partition coefficient (Wildman–Crippen LogP) is 2.41. The highest BCUT2D eigenvalue weighted by Gasteiger charge is 2.01. The van der Waals surface area contributed by atoms with E-state index in [9.17, 15) is 4.79 Å². The van der Waals surface area contributed by atoms with Gasteiger partial charge in [0.15, 0.2) is 0 Å². The lowest BCUT2D eigenvalue weighted by Gasteiger charge is -2.04. The van der Waals surface area contributed by atoms with Crippen molar-refractivity contribution < 1.29 is 4.79 Å². The number of benzene rings is 1. The average molecular weight is 227 g/mol. The summed E-state index contributed by atoms with van der Waals surface area (Å²) in [6.45, 7) is 0.629. The maximum Gasteiger partial charge on any atom is 0.224 e. The number of hydrogen-bond donors (Lipinski definition) is 2. The smallest absolute Gasteiger partial charge is 0.224 e. The summed E-state index contributed by atoms with van der Waals surface area (Å²) in [5.74, 6) is 0.00529. The van der Waals surface area contributed by atoms with E-state index in [0.29, 0.717) is 18.0 Å². The summed E-state index contributed by atoms with van der Waals surface area (Å²) < 4.78 is 0. The summed E-state index contributed by atoms with van der Waals surface area (Å²) in [7, 11) is 0. The summed E-state index contributed by atoms with van der Waals surface area (Å²) >= 11 is 5.79. The molecule has 0 saturated heterocycles. The van der Waals surface area contributed by atoms with Crippen LogP contribution < -0.4 is 11.1 Å². The molecule has 1 aromatic carbocycles. The Morgan fingerprint density at radius 3 is 2.87 bits per heavy atom. The zero-order valence-corrected chi connectivity index (χ0v) is 9.26. The molecule has 4 heteroatoms. The normalized spacial score (nSPS) is 10.0. The highest BCUT2D eigenvalue weighted by atomic mass is 35.5. The number of anilines is 1. The minimum absolute atomic E-state index is 0.00529. The van der Waals surface area contributed by atoms with Crippen LogP contribution in [0.5, 0.6) is 0 Å². The standard InChI is InChI=1S/C11H15ClN2O/c12-9-4-3-5-10(8-9)14-11(15)6-1-2-7-13/h3-5,8H,1-2,6-7,13H2,(H,14,15). The maximum atomic E-state index is 11.4. The van der Waals surface area contributed by atoms with Gasteiger partial charge >= 0.3 is 0 Å². The van der Waals surface area contributed by atoms with Gasteiger partial charge in [-0.3, -0.25) is 4.79 Å². The van der Waals surface area contributed by atoms with E-state index in [4.69, 9.17) is 17.3 Å². The van der Waals surface area contributed by atoms with Crippen molar-refractivity contribution in [3.63, 3.8) is 0 Å². The molecule has 0 radical (unpaired) electrons. The van der Waals surface area contributed by atoms with Gasteiger partial charge in [-0.2, -0.15) is 0 Å². The van der Waals surface area contributed by atoms with Crippen LogP contribution in [0.4, 0.5) is 5.69 Å². The lowest BCUT2D eigenvalue weighted by molar-refractivity contribution is -0.116. The lowest BCUT2D eigenvalue weighted by atomic mass is 10.2. The fraction of sp³-hybridized carbons (Fsp3) is 0.364. The van der Waals surface area contributed by atoms with Crippen LogP contribution in [0.25, 0.3) is 0 Å². The molecule has 0 aliphatic carbocycles. The van der Waals surface area contributed by atoms with Gasteiger partial charge in [0.05, 0.1) is 0 Å². The molecular formula is C11H15ClN2O. The minimum atomic E-state index is 0.00529. The summed E-state index contributed by atoms with van der Waals surface area (Å²) in [6.07, 6.45) is 2.20. The number of amides is 1. The van der Waals surface area contributed by atoms with E-state index in [-0.39, 0.29) is 5.91 Å². The first-order valence-corrected chi connectivity index (χ1v) is 5.35. The summed E-state index contributed by atoms with van der Waals surface area (Å²) in [5, 5.41) is 3.40. The van der Waals surface area contributed by atoms with Crippen molar-refractivity contribution in [1.29, 1.82) is 0 Å². The maximum absolute atomic E-state index is 11.4. The van der Waals surface area contributed by atoms with Gasteiger partial charge in [0.2, 0.25) is 5.91 Å². The topological polar surface area (TPSA) is 55.1 Å². The summed E-state index contributed by atoms with van der Waals surface area (Å²) in [6, 6.07) is 7.11. The van der Waals surface area contributed by atoms with Crippen molar-refractivity contribution in [3.05, 3.63) is 29.3 Å². The second-order valence-electron chi connectivity index (χ2n) is 3.30. The van der Waals surface area contributed by atoms with E-state index in [0.717, 1.165) is 18.5 Å². The van der Waals surface area contributed by atoms with Crippen molar-refractivity contribution >= 4 is 23.2 Å². The van der Waals surface area contributed by atoms with Crippen molar-refractivity contribution in [1.82, 2.24) is 0 Å². The van der Waals surface area contributed by atoms with E-state index >= 15 is 0 Å². The van der Waals surface area contributed by atoms with Crippen LogP contribution >= 0.6 is 11.6 Å². The minimum Gasteiger partial charge on any atom is -0.330 e. The molecule has 0 spiro atoms. The number of hydrogen-bond acceptors (Lipinski definition) is 2. The molecule has 0 aromatic heterocycles. The Morgan fingerprint density at radius 1 is 1.40 bits per heavy atom. The third kappa shape index (κ3) is 4.81. The molecule has 15 heavy (non-hydrogen) atoms. The van der Waals surface area contributed by atoms with Crippen molar-refractivity contribution in [2.75, 3.05) is 11.9 Å². The first kappa shape index (κ1) is 12.0.